The van der Waals surface area contributed by atoms with E-state index >= 15 is 0 Å². The Balaban J connectivity index is 2.04. The van der Waals surface area contributed by atoms with E-state index in [0.717, 1.165) is 5.56 Å². The average molecular weight is 347 g/mol. The van der Waals surface area contributed by atoms with Crippen molar-refractivity contribution >= 4 is 5.91 Å². The molecular weight excluding hydrogens is 325 g/mol. The molecule has 0 unspecified atom stereocenters. The maximum Gasteiger partial charge on any atom is 0.227 e. The summed E-state index contributed by atoms with van der Waals surface area (Å²) in [6, 6.07) is 10.0. The van der Waals surface area contributed by atoms with E-state index in [-0.39, 0.29) is 18.1 Å². The molecule has 0 atom stereocenters. The number of ether oxygens (including phenoxy) is 3. The number of rotatable bonds is 7. The number of carbonyl (C=O) groups excluding carboxylic acids is 1. The van der Waals surface area contributed by atoms with Crippen molar-refractivity contribution in [3.05, 3.63) is 53.3 Å². The lowest BCUT2D eigenvalue weighted by Crippen LogP contribution is -2.27. The van der Waals surface area contributed by atoms with E-state index in [1.165, 1.54) is 19.2 Å². The lowest BCUT2D eigenvalue weighted by molar-refractivity contribution is -0.129. The van der Waals surface area contributed by atoms with Crippen molar-refractivity contribution in [3.8, 4) is 17.2 Å². The van der Waals surface area contributed by atoms with Gasteiger partial charge in [-0.1, -0.05) is 12.1 Å². The maximum absolute atomic E-state index is 13.7. The molecule has 2 rings (SSSR count). The fraction of sp³-hybridized carbons (Fsp3) is 0.316. The van der Waals surface area contributed by atoms with Gasteiger partial charge in [-0.15, -0.1) is 0 Å². The minimum atomic E-state index is -0.477. The topological polar surface area (TPSA) is 48.0 Å². The molecule has 1 amide bonds. The number of halogens is 1. The molecule has 134 valence electrons. The van der Waals surface area contributed by atoms with E-state index in [1.54, 1.807) is 38.3 Å². The molecule has 6 heteroatoms. The van der Waals surface area contributed by atoms with Crippen LogP contribution in [0, 0.1) is 5.82 Å². The summed E-state index contributed by atoms with van der Waals surface area (Å²) in [5.74, 6) is 0.816. The number of nitrogens with zero attached hydrogens (tertiary/aromatic N) is 1. The van der Waals surface area contributed by atoms with Gasteiger partial charge >= 0.3 is 0 Å². The summed E-state index contributed by atoms with van der Waals surface area (Å²) in [6.07, 6.45) is 0.116. The molecule has 2 aromatic rings. The smallest absolute Gasteiger partial charge is 0.227 e. The van der Waals surface area contributed by atoms with Gasteiger partial charge in [0, 0.05) is 13.6 Å². The molecule has 0 radical (unpaired) electrons. The predicted molar refractivity (Wildman–Crippen MR) is 92.7 cm³/mol. The van der Waals surface area contributed by atoms with Gasteiger partial charge in [0.1, 0.15) is 0 Å². The van der Waals surface area contributed by atoms with Crippen LogP contribution >= 0.6 is 0 Å². The molecule has 0 heterocycles. The minimum Gasteiger partial charge on any atom is -0.494 e. The van der Waals surface area contributed by atoms with Gasteiger partial charge in [-0.05, 0) is 35.4 Å². The number of benzene rings is 2. The molecule has 0 aromatic heterocycles. The van der Waals surface area contributed by atoms with E-state index in [0.29, 0.717) is 23.6 Å². The predicted octanol–water partition coefficient (Wildman–Crippen LogP) is 3.05. The molecular formula is C19H22FNO4. The summed E-state index contributed by atoms with van der Waals surface area (Å²) in [4.78, 5) is 14.0. The Labute approximate surface area is 146 Å². The molecule has 0 saturated heterocycles. The number of methoxy groups -OCH3 is 3. The highest BCUT2D eigenvalue weighted by atomic mass is 19.1. The third kappa shape index (κ3) is 4.62. The molecule has 5 nitrogen and oxygen atoms in total. The van der Waals surface area contributed by atoms with Crippen molar-refractivity contribution in [3.63, 3.8) is 0 Å². The van der Waals surface area contributed by atoms with Gasteiger partial charge in [0.15, 0.2) is 23.1 Å². The largest absolute Gasteiger partial charge is 0.494 e. The summed E-state index contributed by atoms with van der Waals surface area (Å²) in [7, 11) is 6.24. The minimum absolute atomic E-state index is 0.112. The van der Waals surface area contributed by atoms with Crippen molar-refractivity contribution in [1.29, 1.82) is 0 Å². The van der Waals surface area contributed by atoms with Gasteiger partial charge in [-0.25, -0.2) is 4.39 Å². The Morgan fingerprint density at radius 1 is 0.920 bits per heavy atom. The first-order valence-corrected chi connectivity index (χ1v) is 7.75. The lowest BCUT2D eigenvalue weighted by Gasteiger charge is -2.18. The van der Waals surface area contributed by atoms with Crippen LogP contribution in [-0.4, -0.2) is 39.2 Å². The first kappa shape index (κ1) is 18.6. The van der Waals surface area contributed by atoms with Crippen molar-refractivity contribution in [2.24, 2.45) is 0 Å². The van der Waals surface area contributed by atoms with E-state index in [4.69, 9.17) is 14.2 Å². The zero-order valence-electron chi connectivity index (χ0n) is 14.8. The Morgan fingerprint density at radius 3 is 2.12 bits per heavy atom. The lowest BCUT2D eigenvalue weighted by atomic mass is 10.1. The van der Waals surface area contributed by atoms with Crippen LogP contribution in [0.15, 0.2) is 36.4 Å². The van der Waals surface area contributed by atoms with Crippen molar-refractivity contribution in [1.82, 2.24) is 4.90 Å². The van der Waals surface area contributed by atoms with Crippen LogP contribution in [0.2, 0.25) is 0 Å². The van der Waals surface area contributed by atoms with Gasteiger partial charge in [0.25, 0.3) is 0 Å². The molecule has 0 fully saturated rings. The van der Waals surface area contributed by atoms with Crippen LogP contribution in [0.25, 0.3) is 0 Å². The van der Waals surface area contributed by atoms with Crippen LogP contribution < -0.4 is 14.2 Å². The normalized spacial score (nSPS) is 10.3. The summed E-state index contributed by atoms with van der Waals surface area (Å²) in [6.45, 7) is 0.415. The molecule has 0 aliphatic rings. The number of carbonyl (C=O) groups is 1. The van der Waals surface area contributed by atoms with E-state index < -0.39 is 5.82 Å². The van der Waals surface area contributed by atoms with Crippen molar-refractivity contribution < 1.29 is 23.4 Å². The van der Waals surface area contributed by atoms with Crippen LogP contribution in [0.1, 0.15) is 11.1 Å². The van der Waals surface area contributed by atoms with Crippen LogP contribution in [-0.2, 0) is 17.8 Å². The molecule has 0 N–H and O–H groups in total. The van der Waals surface area contributed by atoms with Crippen LogP contribution in [0.5, 0.6) is 17.2 Å². The fourth-order valence-corrected chi connectivity index (χ4v) is 2.47. The standard InChI is InChI=1S/C19H22FNO4/c1-21(12-14-6-8-17(24-3)18(10-14)25-4)19(22)11-13-5-7-16(23-2)15(20)9-13/h5-10H,11-12H2,1-4H3. The maximum atomic E-state index is 13.7. The average Bonchev–Trinajstić information content (AvgIpc) is 2.61. The second-order valence-corrected chi connectivity index (χ2v) is 5.58. The molecule has 0 spiro atoms. The molecule has 0 saturated carbocycles. The zero-order valence-corrected chi connectivity index (χ0v) is 14.8. The molecule has 0 bridgehead atoms. The van der Waals surface area contributed by atoms with Gasteiger partial charge in [0.05, 0.1) is 27.8 Å². The second kappa shape index (κ2) is 8.37. The first-order valence-electron chi connectivity index (χ1n) is 7.75. The Bertz CT molecular complexity index is 748. The van der Waals surface area contributed by atoms with Crippen molar-refractivity contribution in [2.75, 3.05) is 28.4 Å². The van der Waals surface area contributed by atoms with Crippen LogP contribution in [0.4, 0.5) is 4.39 Å². The van der Waals surface area contributed by atoms with Gasteiger partial charge in [-0.2, -0.15) is 0 Å². The Morgan fingerprint density at radius 2 is 1.52 bits per heavy atom. The summed E-state index contributed by atoms with van der Waals surface area (Å²) in [5, 5.41) is 0. The van der Waals surface area contributed by atoms with E-state index in [9.17, 15) is 9.18 Å². The number of likely N-dealkylation sites (N-methyl/N-ethyl adjacent to an activating group) is 1. The Hall–Kier alpha value is -2.76. The quantitative estimate of drug-likeness (QED) is 0.772. The summed E-state index contributed by atoms with van der Waals surface area (Å²) in [5.41, 5.74) is 1.51. The third-order valence-corrected chi connectivity index (χ3v) is 3.87. The van der Waals surface area contributed by atoms with Crippen LogP contribution in [0.3, 0.4) is 0 Å². The second-order valence-electron chi connectivity index (χ2n) is 5.58. The highest BCUT2D eigenvalue weighted by molar-refractivity contribution is 5.78. The van der Waals surface area contributed by atoms with E-state index in [1.807, 2.05) is 12.1 Å². The first-order chi connectivity index (χ1) is 12.0. The third-order valence-electron chi connectivity index (χ3n) is 3.87. The summed E-state index contributed by atoms with van der Waals surface area (Å²) < 4.78 is 29.1. The number of hydrogen-bond donors (Lipinski definition) is 0. The van der Waals surface area contributed by atoms with E-state index in [2.05, 4.69) is 0 Å². The Kier molecular flexibility index (Phi) is 6.22. The molecule has 25 heavy (non-hydrogen) atoms. The fourth-order valence-electron chi connectivity index (χ4n) is 2.47. The van der Waals surface area contributed by atoms with Gasteiger partial charge < -0.3 is 19.1 Å². The molecule has 0 aliphatic carbocycles. The summed E-state index contributed by atoms with van der Waals surface area (Å²) >= 11 is 0. The molecule has 2 aromatic carbocycles. The number of amides is 1. The molecule has 0 aliphatic heterocycles. The zero-order chi connectivity index (χ0) is 18.4. The van der Waals surface area contributed by atoms with Gasteiger partial charge in [0.2, 0.25) is 5.91 Å². The van der Waals surface area contributed by atoms with Crippen molar-refractivity contribution in [2.45, 2.75) is 13.0 Å². The highest BCUT2D eigenvalue weighted by Crippen LogP contribution is 2.28. The number of hydrogen-bond acceptors (Lipinski definition) is 4. The highest BCUT2D eigenvalue weighted by Gasteiger charge is 2.13. The monoisotopic (exact) mass is 347 g/mol. The SMILES string of the molecule is COc1ccc(CC(=O)N(C)Cc2ccc(OC)c(OC)c2)cc1F. The van der Waals surface area contributed by atoms with Gasteiger partial charge in [-0.3, -0.25) is 4.79 Å².